The number of nitrogens with one attached hydrogen (secondary N) is 1. The van der Waals surface area contributed by atoms with E-state index < -0.39 is 22.9 Å². The summed E-state index contributed by atoms with van der Waals surface area (Å²) in [5, 5.41) is 33.7. The van der Waals surface area contributed by atoms with Gasteiger partial charge >= 0.3 is 5.69 Å². The Hall–Kier alpha value is -1.24. The lowest BCUT2D eigenvalue weighted by Crippen LogP contribution is -2.36. The molecule has 0 bridgehead atoms. The molecule has 3 N–H and O–H groups in total. The molecule has 1 unspecified atom stereocenters. The van der Waals surface area contributed by atoms with Crippen molar-refractivity contribution < 1.29 is 24.6 Å². The fourth-order valence-electron chi connectivity index (χ4n) is 3.07. The van der Waals surface area contributed by atoms with E-state index in [0.29, 0.717) is 18.0 Å². The van der Waals surface area contributed by atoms with Gasteiger partial charge in [-0.25, -0.2) is 4.98 Å². The Morgan fingerprint density at radius 2 is 2.07 bits per heavy atom. The van der Waals surface area contributed by atoms with Crippen LogP contribution in [0.4, 0.5) is 11.5 Å². The summed E-state index contributed by atoms with van der Waals surface area (Å²) in [6.07, 6.45) is 0.932. The normalized spacial score (nSPS) is 22.1. The van der Waals surface area contributed by atoms with Crippen LogP contribution < -0.4 is 5.32 Å². The van der Waals surface area contributed by atoms with Gasteiger partial charge in [0.15, 0.2) is 10.9 Å². The van der Waals surface area contributed by atoms with Gasteiger partial charge in [0.05, 0.1) is 30.3 Å². The van der Waals surface area contributed by atoms with E-state index in [1.54, 1.807) is 0 Å². The third kappa shape index (κ3) is 7.19. The molecule has 1 aromatic rings. The third-order valence-electron chi connectivity index (χ3n) is 4.09. The van der Waals surface area contributed by atoms with Gasteiger partial charge < -0.3 is 25.0 Å². The van der Waals surface area contributed by atoms with Crippen molar-refractivity contribution in [3.63, 3.8) is 0 Å². The molecule has 1 aliphatic rings. The van der Waals surface area contributed by atoms with E-state index in [9.17, 15) is 15.2 Å². The van der Waals surface area contributed by atoms with Crippen LogP contribution in [-0.4, -0.2) is 68.1 Å². The molecule has 0 amide bonds. The van der Waals surface area contributed by atoms with E-state index in [2.05, 4.69) is 15.3 Å². The fourth-order valence-corrected chi connectivity index (χ4v) is 4.06. The Balaban J connectivity index is 2.22. The first-order valence-corrected chi connectivity index (χ1v) is 10.7. The molecule has 0 aromatic carbocycles. The van der Waals surface area contributed by atoms with Gasteiger partial charge in [0.2, 0.25) is 11.0 Å². The molecule has 10 nitrogen and oxygen atoms in total. The largest absolute Gasteiger partial charge is 0.394 e. The average Bonchev–Trinajstić information content (AvgIpc) is 2.96. The number of aliphatic hydroxyl groups excluding tert-OH is 1. The number of halogens is 1. The molecule has 164 valence electrons. The van der Waals surface area contributed by atoms with Crippen molar-refractivity contribution in [1.82, 2.24) is 9.97 Å². The second-order valence-electron chi connectivity index (χ2n) is 7.15. The standard InChI is InChI=1S/C17H27ClN4O6S/c1-4-7-29-16-20-14(18)13(22(25)26)15(21-16)19-10-8-11(27-6-5-23)12(9-10)28-17(2,3)24/h10-12,23-24H,4-9H2,1-3H3,(H,19,20,21)/t10?,11-,12-/m0/s1. The maximum Gasteiger partial charge on any atom is 0.348 e. The summed E-state index contributed by atoms with van der Waals surface area (Å²) in [5.74, 6) is -0.562. The fraction of sp³-hybridized carbons (Fsp3) is 0.765. The zero-order valence-electron chi connectivity index (χ0n) is 16.6. The Labute approximate surface area is 178 Å². The molecule has 1 saturated carbocycles. The first-order valence-electron chi connectivity index (χ1n) is 9.38. The highest BCUT2D eigenvalue weighted by molar-refractivity contribution is 7.99. The summed E-state index contributed by atoms with van der Waals surface area (Å²) in [6.45, 7) is 5.02. The summed E-state index contributed by atoms with van der Waals surface area (Å²) in [6, 6.07) is -0.264. The molecule has 1 aromatic heterocycles. The van der Waals surface area contributed by atoms with Crippen LogP contribution in [0.5, 0.6) is 0 Å². The SMILES string of the molecule is CCCSc1nc(Cl)c([N+](=O)[O-])c(NC2C[C@H](OCCO)[C@@H](OC(C)(C)O)C2)n1. The molecule has 1 aliphatic carbocycles. The van der Waals surface area contributed by atoms with Crippen LogP contribution in [0.3, 0.4) is 0 Å². The molecule has 12 heteroatoms. The van der Waals surface area contributed by atoms with Gasteiger partial charge in [-0.2, -0.15) is 4.98 Å². The molecular weight excluding hydrogens is 424 g/mol. The predicted octanol–water partition coefficient (Wildman–Crippen LogP) is 2.61. The lowest BCUT2D eigenvalue weighted by molar-refractivity contribution is -0.384. The highest BCUT2D eigenvalue weighted by Gasteiger charge is 2.40. The number of ether oxygens (including phenoxy) is 2. The van der Waals surface area contributed by atoms with Crippen molar-refractivity contribution in [2.75, 3.05) is 24.3 Å². The van der Waals surface area contributed by atoms with Gasteiger partial charge in [-0.05, 0) is 33.1 Å². The number of nitro groups is 1. The second-order valence-corrected chi connectivity index (χ2v) is 8.57. The molecule has 0 saturated heterocycles. The molecule has 2 rings (SSSR count). The summed E-state index contributed by atoms with van der Waals surface area (Å²) < 4.78 is 11.3. The molecule has 0 spiro atoms. The van der Waals surface area contributed by atoms with Crippen molar-refractivity contribution in [2.24, 2.45) is 0 Å². The van der Waals surface area contributed by atoms with Crippen LogP contribution in [0.15, 0.2) is 5.16 Å². The van der Waals surface area contributed by atoms with Crippen molar-refractivity contribution in [2.45, 2.75) is 69.2 Å². The van der Waals surface area contributed by atoms with Crippen LogP contribution in [-0.2, 0) is 9.47 Å². The van der Waals surface area contributed by atoms with Gasteiger partial charge in [-0.15, -0.1) is 0 Å². The lowest BCUT2D eigenvalue weighted by Gasteiger charge is -2.27. The Morgan fingerprint density at radius 1 is 1.38 bits per heavy atom. The summed E-state index contributed by atoms with van der Waals surface area (Å²) in [4.78, 5) is 19.2. The van der Waals surface area contributed by atoms with Crippen LogP contribution in [0.1, 0.15) is 40.0 Å². The Bertz CT molecular complexity index is 705. The molecule has 3 atom stereocenters. The second kappa shape index (κ2) is 10.7. The highest BCUT2D eigenvalue weighted by atomic mass is 35.5. The Morgan fingerprint density at radius 3 is 2.66 bits per heavy atom. The van der Waals surface area contributed by atoms with Gasteiger partial charge in [-0.3, -0.25) is 10.1 Å². The Kier molecular flexibility index (Phi) is 8.86. The number of thioether (sulfide) groups is 1. The first kappa shape index (κ1) is 24.0. The van der Waals surface area contributed by atoms with Crippen molar-refractivity contribution in [1.29, 1.82) is 0 Å². The number of aromatic nitrogens is 2. The van der Waals surface area contributed by atoms with Gasteiger partial charge in [0, 0.05) is 11.8 Å². The third-order valence-corrected chi connectivity index (χ3v) is 5.41. The zero-order valence-corrected chi connectivity index (χ0v) is 18.2. The molecule has 0 aliphatic heterocycles. The van der Waals surface area contributed by atoms with E-state index in [1.165, 1.54) is 25.6 Å². The van der Waals surface area contributed by atoms with Crippen LogP contribution in [0.25, 0.3) is 0 Å². The maximum atomic E-state index is 11.5. The minimum atomic E-state index is -1.37. The number of hydrogen-bond acceptors (Lipinski definition) is 10. The van der Waals surface area contributed by atoms with Crippen LogP contribution in [0, 0.1) is 10.1 Å². The highest BCUT2D eigenvalue weighted by Crippen LogP contribution is 2.36. The van der Waals surface area contributed by atoms with Gasteiger partial charge in [0.1, 0.15) is 0 Å². The van der Waals surface area contributed by atoms with E-state index in [4.69, 9.17) is 26.2 Å². The minimum Gasteiger partial charge on any atom is -0.394 e. The lowest BCUT2D eigenvalue weighted by atomic mass is 10.2. The zero-order chi connectivity index (χ0) is 21.6. The number of anilines is 1. The molecule has 1 heterocycles. The van der Waals surface area contributed by atoms with Gasteiger partial charge in [-0.1, -0.05) is 30.3 Å². The number of nitrogens with zero attached hydrogens (tertiary/aromatic N) is 3. The van der Waals surface area contributed by atoms with Crippen molar-refractivity contribution >= 4 is 34.9 Å². The van der Waals surface area contributed by atoms with E-state index in [1.807, 2.05) is 6.92 Å². The quantitative estimate of drug-likeness (QED) is 0.115. The van der Waals surface area contributed by atoms with Crippen molar-refractivity contribution in [3.05, 3.63) is 15.3 Å². The first-order chi connectivity index (χ1) is 13.6. The molecule has 29 heavy (non-hydrogen) atoms. The van der Waals surface area contributed by atoms with Crippen molar-refractivity contribution in [3.8, 4) is 0 Å². The number of hydrogen-bond donors (Lipinski definition) is 3. The molecule has 0 radical (unpaired) electrons. The summed E-state index contributed by atoms with van der Waals surface area (Å²) >= 11 is 7.42. The van der Waals surface area contributed by atoms with E-state index in [-0.39, 0.29) is 35.9 Å². The maximum absolute atomic E-state index is 11.5. The monoisotopic (exact) mass is 450 g/mol. The smallest absolute Gasteiger partial charge is 0.348 e. The minimum absolute atomic E-state index is 0.0448. The number of aliphatic hydroxyl groups is 2. The topological polar surface area (TPSA) is 140 Å². The van der Waals surface area contributed by atoms with E-state index in [0.717, 1.165) is 12.2 Å². The summed E-state index contributed by atoms with van der Waals surface area (Å²) in [7, 11) is 0. The van der Waals surface area contributed by atoms with Crippen LogP contribution >= 0.6 is 23.4 Å². The summed E-state index contributed by atoms with van der Waals surface area (Å²) in [5.41, 5.74) is -0.382. The molecular formula is C17H27ClN4O6S. The van der Waals surface area contributed by atoms with Crippen LogP contribution in [0.2, 0.25) is 5.15 Å². The van der Waals surface area contributed by atoms with E-state index >= 15 is 0 Å². The predicted molar refractivity (Wildman–Crippen MR) is 109 cm³/mol. The number of rotatable bonds is 11. The van der Waals surface area contributed by atoms with Gasteiger partial charge in [0.25, 0.3) is 0 Å². The average molecular weight is 451 g/mol. The molecule has 1 fully saturated rings.